The van der Waals surface area contributed by atoms with Gasteiger partial charge in [-0.2, -0.15) is 0 Å². The molecule has 0 saturated carbocycles. The van der Waals surface area contributed by atoms with Crippen molar-refractivity contribution in [2.24, 2.45) is 0 Å². The van der Waals surface area contributed by atoms with Gasteiger partial charge in [-0.1, -0.05) is 206 Å². The van der Waals surface area contributed by atoms with Crippen molar-refractivity contribution in [2.45, 2.75) is 0 Å². The van der Waals surface area contributed by atoms with Crippen LogP contribution in [0.25, 0.3) is 121 Å². The molecule has 0 aliphatic carbocycles. The molecule has 0 saturated heterocycles. The number of benzene rings is 11. The summed E-state index contributed by atoms with van der Waals surface area (Å²) >= 11 is 0. The first-order valence-corrected chi connectivity index (χ1v) is 21.4. The molecule has 0 aliphatic rings. The zero-order valence-corrected chi connectivity index (χ0v) is 34.0. The van der Waals surface area contributed by atoms with E-state index in [-0.39, 0.29) is 0 Å². The zero-order chi connectivity index (χ0) is 41.0. The van der Waals surface area contributed by atoms with E-state index in [0.29, 0.717) is 0 Å². The second-order valence-corrected chi connectivity index (χ2v) is 16.2. The minimum atomic E-state index is 0.955. The molecular weight excluding hydrogens is 747 g/mol. The molecule has 0 bridgehead atoms. The Bertz CT molecular complexity index is 3620. The normalized spacial score (nSPS) is 11.5. The minimum absolute atomic E-state index is 0.955. The number of pyridine rings is 1. The van der Waals surface area contributed by atoms with E-state index >= 15 is 0 Å². The Labute approximate surface area is 360 Å². The third-order valence-corrected chi connectivity index (χ3v) is 12.6. The molecule has 0 N–H and O–H groups in total. The average Bonchev–Trinajstić information content (AvgIpc) is 3.35. The van der Waals surface area contributed by atoms with Crippen LogP contribution in [0.15, 0.2) is 237 Å². The summed E-state index contributed by atoms with van der Waals surface area (Å²) in [5.41, 5.74) is 13.8. The summed E-state index contributed by atoms with van der Waals surface area (Å²) in [6.07, 6.45) is 0. The van der Waals surface area contributed by atoms with Crippen molar-refractivity contribution in [2.75, 3.05) is 0 Å². The molecule has 62 heavy (non-hydrogen) atoms. The van der Waals surface area contributed by atoms with Crippen LogP contribution in [0.4, 0.5) is 0 Å². The smallest absolute Gasteiger partial charge is 0.0721 e. The van der Waals surface area contributed by atoms with E-state index in [1.807, 2.05) is 0 Å². The first-order chi connectivity index (χ1) is 30.7. The molecule has 0 fully saturated rings. The SMILES string of the molecule is c1ccc(-c2cc(-c3ccccc3)nc(-c3ccc(-c4ccc5c(-c6ccc7ccccc7c6)c6ccccc6c(-c6ccc7ccccc7c6)c5c4)c4ccccc34)c2)cc1. The van der Waals surface area contributed by atoms with Crippen LogP contribution < -0.4 is 0 Å². The quantitative estimate of drug-likeness (QED) is 0.153. The summed E-state index contributed by atoms with van der Waals surface area (Å²) in [4.78, 5) is 5.35. The maximum absolute atomic E-state index is 5.35. The highest BCUT2D eigenvalue weighted by atomic mass is 14.7. The van der Waals surface area contributed by atoms with Gasteiger partial charge in [-0.25, -0.2) is 4.98 Å². The maximum Gasteiger partial charge on any atom is 0.0721 e. The van der Waals surface area contributed by atoms with Crippen molar-refractivity contribution < 1.29 is 0 Å². The van der Waals surface area contributed by atoms with Crippen molar-refractivity contribution in [3.63, 3.8) is 0 Å². The molecule has 0 atom stereocenters. The lowest BCUT2D eigenvalue weighted by Crippen LogP contribution is -1.94. The number of aromatic nitrogens is 1. The van der Waals surface area contributed by atoms with E-state index in [4.69, 9.17) is 4.98 Å². The predicted octanol–water partition coefficient (Wildman–Crippen LogP) is 16.8. The summed E-state index contributed by atoms with van der Waals surface area (Å²) in [6, 6.07) is 86.3. The Balaban J connectivity index is 1.10. The monoisotopic (exact) mass is 785 g/mol. The number of fused-ring (bicyclic) bond motifs is 5. The van der Waals surface area contributed by atoms with Crippen LogP contribution in [0.1, 0.15) is 0 Å². The van der Waals surface area contributed by atoms with Gasteiger partial charge in [0.05, 0.1) is 11.4 Å². The van der Waals surface area contributed by atoms with Crippen LogP contribution in [-0.4, -0.2) is 4.98 Å². The molecule has 1 heteroatoms. The summed E-state index contributed by atoms with van der Waals surface area (Å²) in [6.45, 7) is 0. The number of nitrogens with zero attached hydrogens (tertiary/aromatic N) is 1. The van der Waals surface area contributed by atoms with Crippen molar-refractivity contribution in [1.82, 2.24) is 4.98 Å². The van der Waals surface area contributed by atoms with Gasteiger partial charge >= 0.3 is 0 Å². The third kappa shape index (κ3) is 6.14. The first-order valence-electron chi connectivity index (χ1n) is 21.4. The molecule has 288 valence electrons. The Kier molecular flexibility index (Phi) is 8.57. The van der Waals surface area contributed by atoms with Crippen LogP contribution in [0.5, 0.6) is 0 Å². The fraction of sp³-hybridized carbons (Fsp3) is 0. The number of hydrogen-bond donors (Lipinski definition) is 0. The number of hydrogen-bond acceptors (Lipinski definition) is 1. The van der Waals surface area contributed by atoms with E-state index in [0.717, 1.165) is 28.1 Å². The zero-order valence-electron chi connectivity index (χ0n) is 34.0. The van der Waals surface area contributed by atoms with E-state index in [2.05, 4.69) is 237 Å². The van der Waals surface area contributed by atoms with Gasteiger partial charge < -0.3 is 0 Å². The summed E-state index contributed by atoms with van der Waals surface area (Å²) in [7, 11) is 0. The van der Waals surface area contributed by atoms with Crippen LogP contribution >= 0.6 is 0 Å². The molecule has 0 spiro atoms. The van der Waals surface area contributed by atoms with Gasteiger partial charge in [0.15, 0.2) is 0 Å². The van der Waals surface area contributed by atoms with Crippen LogP contribution in [0, 0.1) is 0 Å². The van der Waals surface area contributed by atoms with Gasteiger partial charge in [-0.05, 0) is 129 Å². The summed E-state index contributed by atoms with van der Waals surface area (Å²) in [5, 5.41) is 12.3. The van der Waals surface area contributed by atoms with Gasteiger partial charge in [-0.3, -0.25) is 0 Å². The van der Waals surface area contributed by atoms with Gasteiger partial charge in [-0.15, -0.1) is 0 Å². The topological polar surface area (TPSA) is 12.9 Å². The molecule has 1 aromatic heterocycles. The highest BCUT2D eigenvalue weighted by molar-refractivity contribution is 6.23. The maximum atomic E-state index is 5.35. The van der Waals surface area contributed by atoms with Crippen molar-refractivity contribution in [3.05, 3.63) is 237 Å². The summed E-state index contributed by atoms with van der Waals surface area (Å²) < 4.78 is 0. The van der Waals surface area contributed by atoms with Crippen LogP contribution in [0.2, 0.25) is 0 Å². The highest BCUT2D eigenvalue weighted by Crippen LogP contribution is 2.47. The van der Waals surface area contributed by atoms with E-state index in [1.165, 1.54) is 92.8 Å². The fourth-order valence-electron chi connectivity index (χ4n) is 9.65. The predicted molar refractivity (Wildman–Crippen MR) is 264 cm³/mol. The molecular formula is C61H39N. The van der Waals surface area contributed by atoms with Gasteiger partial charge in [0.1, 0.15) is 0 Å². The molecule has 0 unspecified atom stereocenters. The lowest BCUT2D eigenvalue weighted by molar-refractivity contribution is 1.33. The van der Waals surface area contributed by atoms with E-state index in [1.54, 1.807) is 0 Å². The second kappa shape index (κ2) is 14.9. The lowest BCUT2D eigenvalue weighted by atomic mass is 9.83. The highest BCUT2D eigenvalue weighted by Gasteiger charge is 2.20. The van der Waals surface area contributed by atoms with Crippen molar-refractivity contribution in [1.29, 1.82) is 0 Å². The van der Waals surface area contributed by atoms with Crippen molar-refractivity contribution in [3.8, 4) is 67.0 Å². The molecule has 12 aromatic rings. The average molecular weight is 786 g/mol. The van der Waals surface area contributed by atoms with Gasteiger partial charge in [0, 0.05) is 11.1 Å². The minimum Gasteiger partial charge on any atom is -0.248 e. The molecule has 11 aromatic carbocycles. The van der Waals surface area contributed by atoms with Crippen molar-refractivity contribution >= 4 is 53.9 Å². The summed E-state index contributed by atoms with van der Waals surface area (Å²) in [5.74, 6) is 0. The second-order valence-electron chi connectivity index (χ2n) is 16.2. The molecule has 0 aliphatic heterocycles. The van der Waals surface area contributed by atoms with Gasteiger partial charge in [0.25, 0.3) is 0 Å². The van der Waals surface area contributed by atoms with Crippen LogP contribution in [0.3, 0.4) is 0 Å². The van der Waals surface area contributed by atoms with Crippen LogP contribution in [-0.2, 0) is 0 Å². The van der Waals surface area contributed by atoms with Gasteiger partial charge in [0.2, 0.25) is 0 Å². The lowest BCUT2D eigenvalue weighted by Gasteiger charge is -2.20. The third-order valence-electron chi connectivity index (χ3n) is 12.6. The molecule has 0 amide bonds. The van der Waals surface area contributed by atoms with E-state index < -0.39 is 0 Å². The Hall–Kier alpha value is -8.13. The standard InChI is InChI=1S/C61H39N/c1-3-15-40(16-4-1)49-38-58(43-19-5-2-6-20-43)62-59(39-49)53-34-33-50(51-23-11-12-24-52(51)53)46-31-32-56-57(37-46)61(48-30-28-42-18-8-10-22-45(42)36-48)55-26-14-13-25-54(55)60(56)47-29-27-41-17-7-9-21-44(41)35-47/h1-39H. The van der Waals surface area contributed by atoms with E-state index in [9.17, 15) is 0 Å². The Morgan fingerprint density at radius 3 is 1.29 bits per heavy atom. The number of rotatable bonds is 6. The Morgan fingerprint density at radius 2 is 0.661 bits per heavy atom. The molecule has 12 rings (SSSR count). The molecule has 1 nitrogen and oxygen atoms in total. The molecule has 0 radical (unpaired) electrons. The first kappa shape index (κ1) is 35.8. The largest absolute Gasteiger partial charge is 0.248 e. The fourth-order valence-corrected chi connectivity index (χ4v) is 9.65. The molecule has 1 heterocycles. The Morgan fingerprint density at radius 1 is 0.210 bits per heavy atom.